The summed E-state index contributed by atoms with van der Waals surface area (Å²) < 4.78 is 0.550. The van der Waals surface area contributed by atoms with Crippen LogP contribution in [0.2, 0.25) is 0 Å². The standard InChI is InChI=1S/C18H14N4O3S/c1-22(9-14-19-13-6-7-26-15(13)17(24)21-14)18(25)11-8-10-4-2-3-5-12(10)20-16(11)23/h2-8H,9H2,1H3,(H,20,23)(H,19,21,24). The molecule has 3 heterocycles. The minimum Gasteiger partial charge on any atom is -0.334 e. The summed E-state index contributed by atoms with van der Waals surface area (Å²) in [6, 6.07) is 10.6. The van der Waals surface area contributed by atoms with Crippen molar-refractivity contribution in [2.75, 3.05) is 7.05 Å². The number of benzene rings is 1. The van der Waals surface area contributed by atoms with E-state index in [1.165, 1.54) is 16.2 Å². The van der Waals surface area contributed by atoms with Crippen LogP contribution >= 0.6 is 11.3 Å². The zero-order chi connectivity index (χ0) is 18.3. The van der Waals surface area contributed by atoms with Gasteiger partial charge < -0.3 is 14.9 Å². The molecule has 0 fully saturated rings. The van der Waals surface area contributed by atoms with E-state index in [0.29, 0.717) is 21.6 Å². The molecule has 0 radical (unpaired) electrons. The van der Waals surface area contributed by atoms with Crippen LogP contribution in [0.4, 0.5) is 0 Å². The number of hydrogen-bond acceptors (Lipinski definition) is 5. The van der Waals surface area contributed by atoms with Crippen LogP contribution in [0.1, 0.15) is 16.2 Å². The van der Waals surface area contributed by atoms with Crippen molar-refractivity contribution in [3.8, 4) is 0 Å². The molecule has 0 saturated carbocycles. The average Bonchev–Trinajstić information content (AvgIpc) is 3.09. The third-order valence-corrected chi connectivity index (χ3v) is 4.98. The molecule has 2 N–H and O–H groups in total. The Bertz CT molecular complexity index is 1250. The first-order valence-corrected chi connectivity index (χ1v) is 8.75. The van der Waals surface area contributed by atoms with Gasteiger partial charge in [0.2, 0.25) is 0 Å². The molecule has 8 heteroatoms. The van der Waals surface area contributed by atoms with E-state index in [2.05, 4.69) is 15.0 Å². The molecule has 0 atom stereocenters. The summed E-state index contributed by atoms with van der Waals surface area (Å²) in [5, 5.41) is 2.57. The predicted molar refractivity (Wildman–Crippen MR) is 101 cm³/mol. The number of aromatic nitrogens is 3. The van der Waals surface area contributed by atoms with Gasteiger partial charge >= 0.3 is 0 Å². The smallest absolute Gasteiger partial charge is 0.268 e. The number of amides is 1. The van der Waals surface area contributed by atoms with E-state index in [1.807, 2.05) is 18.2 Å². The van der Waals surface area contributed by atoms with Gasteiger partial charge in [0.05, 0.1) is 12.1 Å². The SMILES string of the molecule is CN(Cc1nc2ccsc2c(=O)[nH]1)C(=O)c1cc2ccccc2[nH]c1=O. The second-order valence-corrected chi connectivity index (χ2v) is 6.82. The average molecular weight is 366 g/mol. The third kappa shape index (κ3) is 2.80. The summed E-state index contributed by atoms with van der Waals surface area (Å²) >= 11 is 1.32. The molecule has 130 valence electrons. The van der Waals surface area contributed by atoms with Gasteiger partial charge in [0, 0.05) is 12.6 Å². The number of carbonyl (C=O) groups excluding carboxylic acids is 1. The van der Waals surface area contributed by atoms with Crippen molar-refractivity contribution in [2.45, 2.75) is 6.54 Å². The number of carbonyl (C=O) groups is 1. The summed E-state index contributed by atoms with van der Waals surface area (Å²) in [6.07, 6.45) is 0. The highest BCUT2D eigenvalue weighted by Crippen LogP contribution is 2.15. The van der Waals surface area contributed by atoms with Gasteiger partial charge in [-0.1, -0.05) is 18.2 Å². The van der Waals surface area contributed by atoms with E-state index in [1.54, 1.807) is 30.6 Å². The predicted octanol–water partition coefficient (Wildman–Crippen LogP) is 2.10. The highest BCUT2D eigenvalue weighted by Gasteiger charge is 2.18. The van der Waals surface area contributed by atoms with Gasteiger partial charge in [-0.15, -0.1) is 11.3 Å². The fourth-order valence-corrected chi connectivity index (χ4v) is 3.53. The molecule has 0 unspecified atom stereocenters. The third-order valence-electron chi connectivity index (χ3n) is 4.08. The van der Waals surface area contributed by atoms with Crippen molar-refractivity contribution in [3.63, 3.8) is 0 Å². The van der Waals surface area contributed by atoms with Crippen LogP contribution in [0.25, 0.3) is 21.1 Å². The maximum atomic E-state index is 12.7. The van der Waals surface area contributed by atoms with Crippen LogP contribution in [0.15, 0.2) is 51.4 Å². The van der Waals surface area contributed by atoms with E-state index in [4.69, 9.17) is 0 Å². The van der Waals surface area contributed by atoms with Gasteiger partial charge in [0.15, 0.2) is 0 Å². The van der Waals surface area contributed by atoms with E-state index in [0.717, 1.165) is 5.39 Å². The zero-order valence-corrected chi connectivity index (χ0v) is 14.6. The first kappa shape index (κ1) is 16.2. The first-order valence-electron chi connectivity index (χ1n) is 7.87. The van der Waals surface area contributed by atoms with Crippen LogP contribution in [0.3, 0.4) is 0 Å². The maximum Gasteiger partial charge on any atom is 0.268 e. The van der Waals surface area contributed by atoms with Crippen molar-refractivity contribution in [1.29, 1.82) is 0 Å². The molecule has 1 aromatic carbocycles. The van der Waals surface area contributed by atoms with Crippen molar-refractivity contribution in [1.82, 2.24) is 19.9 Å². The molecule has 26 heavy (non-hydrogen) atoms. The van der Waals surface area contributed by atoms with Crippen LogP contribution in [-0.4, -0.2) is 32.8 Å². The topological polar surface area (TPSA) is 98.9 Å². The number of nitrogens with one attached hydrogen (secondary N) is 2. The number of hydrogen-bond donors (Lipinski definition) is 2. The molecule has 0 aliphatic heterocycles. The van der Waals surface area contributed by atoms with Crippen molar-refractivity contribution in [2.24, 2.45) is 0 Å². The Morgan fingerprint density at radius 3 is 2.81 bits per heavy atom. The molecule has 3 aromatic heterocycles. The maximum absolute atomic E-state index is 12.7. The van der Waals surface area contributed by atoms with Crippen LogP contribution in [0.5, 0.6) is 0 Å². The Morgan fingerprint density at radius 2 is 1.96 bits per heavy atom. The normalized spacial score (nSPS) is 11.1. The number of aromatic amines is 2. The van der Waals surface area contributed by atoms with Gasteiger partial charge in [-0.2, -0.15) is 0 Å². The molecule has 4 aromatic rings. The second kappa shape index (κ2) is 6.23. The summed E-state index contributed by atoms with van der Waals surface area (Å²) in [7, 11) is 1.56. The molecule has 1 amide bonds. The molecular formula is C18H14N4O3S. The quantitative estimate of drug-likeness (QED) is 0.580. The Kier molecular flexibility index (Phi) is 3.89. The number of para-hydroxylation sites is 1. The van der Waals surface area contributed by atoms with Crippen molar-refractivity contribution in [3.05, 3.63) is 73.9 Å². The molecule has 0 aliphatic rings. The fraction of sp³-hybridized carbons (Fsp3) is 0.111. The molecule has 0 spiro atoms. The Balaban J connectivity index is 1.66. The number of pyridine rings is 1. The lowest BCUT2D eigenvalue weighted by atomic mass is 10.1. The minimum atomic E-state index is -0.449. The summed E-state index contributed by atoms with van der Waals surface area (Å²) in [5.41, 5.74) is 0.633. The van der Waals surface area contributed by atoms with Crippen LogP contribution in [-0.2, 0) is 6.54 Å². The zero-order valence-electron chi connectivity index (χ0n) is 13.8. The number of thiophene rings is 1. The Hall–Kier alpha value is -3.26. The number of fused-ring (bicyclic) bond motifs is 2. The summed E-state index contributed by atoms with van der Waals surface area (Å²) in [5.74, 6) is -0.0703. The Morgan fingerprint density at radius 1 is 1.15 bits per heavy atom. The highest BCUT2D eigenvalue weighted by molar-refractivity contribution is 7.17. The highest BCUT2D eigenvalue weighted by atomic mass is 32.1. The molecule has 0 aliphatic carbocycles. The molecule has 0 bridgehead atoms. The lowest BCUT2D eigenvalue weighted by molar-refractivity contribution is 0.0780. The number of rotatable bonds is 3. The van der Waals surface area contributed by atoms with Gasteiger partial charge in [-0.3, -0.25) is 14.4 Å². The fourth-order valence-electron chi connectivity index (χ4n) is 2.80. The van der Waals surface area contributed by atoms with Gasteiger partial charge in [0.25, 0.3) is 17.0 Å². The lowest BCUT2D eigenvalue weighted by Crippen LogP contribution is -2.32. The summed E-state index contributed by atoms with van der Waals surface area (Å²) in [6.45, 7) is 0.0894. The van der Waals surface area contributed by atoms with Gasteiger partial charge in [0.1, 0.15) is 16.1 Å². The van der Waals surface area contributed by atoms with Gasteiger partial charge in [-0.25, -0.2) is 4.98 Å². The van der Waals surface area contributed by atoms with Crippen LogP contribution in [0, 0.1) is 0 Å². The van der Waals surface area contributed by atoms with Gasteiger partial charge in [-0.05, 0) is 29.0 Å². The van der Waals surface area contributed by atoms with E-state index in [-0.39, 0.29) is 17.7 Å². The van der Waals surface area contributed by atoms with Crippen LogP contribution < -0.4 is 11.1 Å². The monoisotopic (exact) mass is 366 g/mol. The molecule has 7 nitrogen and oxygen atoms in total. The van der Waals surface area contributed by atoms with E-state index < -0.39 is 11.5 Å². The van der Waals surface area contributed by atoms with Crippen molar-refractivity contribution >= 4 is 38.4 Å². The largest absolute Gasteiger partial charge is 0.334 e. The number of nitrogens with zero attached hydrogens (tertiary/aromatic N) is 2. The van der Waals surface area contributed by atoms with Crippen molar-refractivity contribution < 1.29 is 4.79 Å². The summed E-state index contributed by atoms with van der Waals surface area (Å²) in [4.78, 5) is 48.1. The molecular weight excluding hydrogens is 352 g/mol. The minimum absolute atomic E-state index is 0.0464. The lowest BCUT2D eigenvalue weighted by Gasteiger charge is -2.16. The molecule has 4 rings (SSSR count). The molecule has 0 saturated heterocycles. The Labute approximate surface area is 150 Å². The number of H-pyrrole nitrogens is 2. The first-order chi connectivity index (χ1) is 12.5. The second-order valence-electron chi connectivity index (χ2n) is 5.91. The van der Waals surface area contributed by atoms with E-state index in [9.17, 15) is 14.4 Å². The van der Waals surface area contributed by atoms with E-state index >= 15 is 0 Å².